The molecule has 1 atom stereocenters. The van der Waals surface area contributed by atoms with Crippen LogP contribution >= 0.6 is 11.3 Å². The highest BCUT2D eigenvalue weighted by Crippen LogP contribution is 2.32. The number of hydrogen-bond acceptors (Lipinski definition) is 4. The molecule has 1 aromatic rings. The van der Waals surface area contributed by atoms with Gasteiger partial charge in [-0.15, -0.1) is 11.3 Å². The number of hydrogen-bond donors (Lipinski definition) is 1. The zero-order chi connectivity index (χ0) is 13.1. The standard InChI is InChI=1S/C12H15NO4S/c1-8-9-3-5-18-10(9)2-4-13(8)11(14)6-17-7-12(15)16/h3,5,8H,2,4,6-7H2,1H3,(H,15,16). The third-order valence-corrected chi connectivity index (χ3v) is 4.05. The van der Waals surface area contributed by atoms with Crippen LogP contribution in [0.5, 0.6) is 0 Å². The second-order valence-electron chi connectivity index (χ2n) is 4.20. The number of aliphatic carboxylic acids is 1. The summed E-state index contributed by atoms with van der Waals surface area (Å²) in [4.78, 5) is 25.3. The van der Waals surface area contributed by atoms with Crippen LogP contribution in [0.15, 0.2) is 11.4 Å². The van der Waals surface area contributed by atoms with E-state index >= 15 is 0 Å². The predicted octanol–water partition coefficient (Wildman–Crippen LogP) is 1.30. The summed E-state index contributed by atoms with van der Waals surface area (Å²) in [6, 6.07) is 2.09. The number of carboxylic acids is 1. The van der Waals surface area contributed by atoms with E-state index in [-0.39, 0.29) is 18.6 Å². The van der Waals surface area contributed by atoms with Gasteiger partial charge in [0.1, 0.15) is 13.2 Å². The largest absolute Gasteiger partial charge is 0.480 e. The molecule has 18 heavy (non-hydrogen) atoms. The van der Waals surface area contributed by atoms with E-state index in [0.29, 0.717) is 6.54 Å². The highest BCUT2D eigenvalue weighted by molar-refractivity contribution is 7.10. The molecular formula is C12H15NO4S. The average Bonchev–Trinajstić information content (AvgIpc) is 2.77. The van der Waals surface area contributed by atoms with Crippen molar-refractivity contribution in [2.24, 2.45) is 0 Å². The van der Waals surface area contributed by atoms with Crippen LogP contribution in [0.3, 0.4) is 0 Å². The molecule has 5 nitrogen and oxygen atoms in total. The summed E-state index contributed by atoms with van der Waals surface area (Å²) in [5.41, 5.74) is 1.19. The monoisotopic (exact) mass is 269 g/mol. The molecule has 0 aromatic carbocycles. The third kappa shape index (κ3) is 2.70. The van der Waals surface area contributed by atoms with Crippen molar-refractivity contribution in [3.05, 3.63) is 21.9 Å². The van der Waals surface area contributed by atoms with E-state index in [0.717, 1.165) is 6.42 Å². The molecule has 0 spiro atoms. The molecule has 1 N–H and O–H groups in total. The first-order valence-electron chi connectivity index (χ1n) is 5.75. The highest BCUT2D eigenvalue weighted by atomic mass is 32.1. The molecule has 0 fully saturated rings. The van der Waals surface area contributed by atoms with E-state index < -0.39 is 12.6 Å². The Morgan fingerprint density at radius 3 is 3.06 bits per heavy atom. The van der Waals surface area contributed by atoms with E-state index in [4.69, 9.17) is 9.84 Å². The smallest absolute Gasteiger partial charge is 0.329 e. The number of amides is 1. The van der Waals surface area contributed by atoms with Crippen molar-refractivity contribution < 1.29 is 19.4 Å². The van der Waals surface area contributed by atoms with Gasteiger partial charge in [-0.2, -0.15) is 0 Å². The van der Waals surface area contributed by atoms with Crippen LogP contribution in [-0.2, 0) is 20.7 Å². The number of rotatable bonds is 4. The second-order valence-corrected chi connectivity index (χ2v) is 5.20. The van der Waals surface area contributed by atoms with E-state index in [1.165, 1.54) is 10.4 Å². The molecule has 1 unspecified atom stereocenters. The van der Waals surface area contributed by atoms with Crippen molar-refractivity contribution in [2.75, 3.05) is 19.8 Å². The minimum absolute atomic E-state index is 0.0425. The Balaban J connectivity index is 1.94. The van der Waals surface area contributed by atoms with Crippen LogP contribution in [0.2, 0.25) is 0 Å². The van der Waals surface area contributed by atoms with Gasteiger partial charge >= 0.3 is 5.97 Å². The van der Waals surface area contributed by atoms with E-state index in [9.17, 15) is 9.59 Å². The van der Waals surface area contributed by atoms with Crippen LogP contribution in [0, 0.1) is 0 Å². The van der Waals surface area contributed by atoms with Crippen LogP contribution in [0.1, 0.15) is 23.4 Å². The second kappa shape index (κ2) is 5.49. The molecule has 0 radical (unpaired) electrons. The van der Waals surface area contributed by atoms with Gasteiger partial charge in [-0.1, -0.05) is 0 Å². The van der Waals surface area contributed by atoms with Gasteiger partial charge < -0.3 is 14.7 Å². The van der Waals surface area contributed by atoms with Crippen molar-refractivity contribution in [2.45, 2.75) is 19.4 Å². The Bertz CT molecular complexity index is 457. The number of fused-ring (bicyclic) bond motifs is 1. The topological polar surface area (TPSA) is 66.8 Å². The lowest BCUT2D eigenvalue weighted by molar-refractivity contribution is -0.146. The summed E-state index contributed by atoms with van der Waals surface area (Å²) in [5, 5.41) is 10.5. The first kappa shape index (κ1) is 13.0. The fourth-order valence-corrected chi connectivity index (χ4v) is 3.12. The molecule has 6 heteroatoms. The van der Waals surface area contributed by atoms with Gasteiger partial charge in [0, 0.05) is 11.4 Å². The Hall–Kier alpha value is -1.40. The number of carbonyl (C=O) groups is 2. The first-order valence-corrected chi connectivity index (χ1v) is 6.63. The van der Waals surface area contributed by atoms with Gasteiger partial charge in [-0.3, -0.25) is 4.79 Å². The zero-order valence-corrected chi connectivity index (χ0v) is 10.9. The SMILES string of the molecule is CC1c2ccsc2CCN1C(=O)COCC(=O)O. The van der Waals surface area contributed by atoms with Crippen LogP contribution < -0.4 is 0 Å². The van der Waals surface area contributed by atoms with Crippen LogP contribution in [0.4, 0.5) is 0 Å². The third-order valence-electron chi connectivity index (χ3n) is 3.05. The lowest BCUT2D eigenvalue weighted by atomic mass is 10.0. The van der Waals surface area contributed by atoms with E-state index in [1.54, 1.807) is 16.2 Å². The van der Waals surface area contributed by atoms with Gasteiger partial charge in [-0.25, -0.2) is 4.79 Å². The molecule has 0 aliphatic carbocycles. The van der Waals surface area contributed by atoms with Crippen LogP contribution in [-0.4, -0.2) is 41.6 Å². The predicted molar refractivity (Wildman–Crippen MR) is 66.6 cm³/mol. The maximum atomic E-state index is 11.9. The van der Waals surface area contributed by atoms with Crippen LogP contribution in [0.25, 0.3) is 0 Å². The first-order chi connectivity index (χ1) is 8.59. The van der Waals surface area contributed by atoms with Crippen molar-refractivity contribution in [3.8, 4) is 0 Å². The fraction of sp³-hybridized carbons (Fsp3) is 0.500. The maximum Gasteiger partial charge on any atom is 0.329 e. The average molecular weight is 269 g/mol. The normalized spacial score (nSPS) is 18.5. The molecule has 1 aliphatic heterocycles. The lowest BCUT2D eigenvalue weighted by Gasteiger charge is -2.33. The number of ether oxygens (including phenoxy) is 1. The molecule has 2 rings (SSSR count). The summed E-state index contributed by atoms with van der Waals surface area (Å²) < 4.78 is 4.84. The summed E-state index contributed by atoms with van der Waals surface area (Å²) in [5.74, 6) is -1.21. The van der Waals surface area contributed by atoms with Crippen molar-refractivity contribution in [1.82, 2.24) is 4.90 Å². The summed E-state index contributed by atoms with van der Waals surface area (Å²) in [6.07, 6.45) is 0.863. The summed E-state index contributed by atoms with van der Waals surface area (Å²) in [6.45, 7) is 2.05. The van der Waals surface area contributed by atoms with Gasteiger partial charge in [0.2, 0.25) is 5.91 Å². The number of nitrogens with zero attached hydrogens (tertiary/aromatic N) is 1. The lowest BCUT2D eigenvalue weighted by Crippen LogP contribution is -2.40. The Morgan fingerprint density at radius 2 is 2.33 bits per heavy atom. The highest BCUT2D eigenvalue weighted by Gasteiger charge is 2.28. The Labute approximate surface area is 109 Å². The molecule has 2 heterocycles. The Kier molecular flexibility index (Phi) is 3.98. The van der Waals surface area contributed by atoms with E-state index in [1.807, 2.05) is 18.4 Å². The number of carbonyl (C=O) groups excluding carboxylic acids is 1. The summed E-state index contributed by atoms with van der Waals surface area (Å²) >= 11 is 1.72. The molecule has 98 valence electrons. The van der Waals surface area contributed by atoms with Gasteiger partial charge in [0.05, 0.1) is 6.04 Å². The summed E-state index contributed by atoms with van der Waals surface area (Å²) in [7, 11) is 0. The molecule has 0 bridgehead atoms. The quantitative estimate of drug-likeness (QED) is 0.894. The minimum atomic E-state index is -1.06. The zero-order valence-electron chi connectivity index (χ0n) is 10.1. The Morgan fingerprint density at radius 1 is 1.56 bits per heavy atom. The molecule has 0 saturated carbocycles. The maximum absolute atomic E-state index is 11.9. The van der Waals surface area contributed by atoms with Gasteiger partial charge in [0.15, 0.2) is 0 Å². The number of carboxylic acid groups (broad SMARTS) is 1. The fourth-order valence-electron chi connectivity index (χ4n) is 2.16. The van der Waals surface area contributed by atoms with Gasteiger partial charge in [0.25, 0.3) is 0 Å². The molecule has 0 saturated heterocycles. The minimum Gasteiger partial charge on any atom is -0.480 e. The van der Waals surface area contributed by atoms with Crippen molar-refractivity contribution in [3.63, 3.8) is 0 Å². The van der Waals surface area contributed by atoms with Crippen molar-refractivity contribution in [1.29, 1.82) is 0 Å². The number of thiophene rings is 1. The molecular weight excluding hydrogens is 254 g/mol. The van der Waals surface area contributed by atoms with E-state index in [2.05, 4.69) is 0 Å². The van der Waals surface area contributed by atoms with Crippen molar-refractivity contribution >= 4 is 23.2 Å². The van der Waals surface area contributed by atoms with Gasteiger partial charge in [-0.05, 0) is 30.4 Å². The molecule has 1 aliphatic rings. The molecule has 1 aromatic heterocycles. The molecule has 1 amide bonds.